The van der Waals surface area contributed by atoms with Gasteiger partial charge in [0.1, 0.15) is 17.6 Å². The fourth-order valence-electron chi connectivity index (χ4n) is 3.79. The Morgan fingerprint density at radius 3 is 2.19 bits per heavy atom. The van der Waals surface area contributed by atoms with Crippen molar-refractivity contribution in [1.82, 2.24) is 14.9 Å². The smallest absolute Gasteiger partial charge is 0.247 e. The summed E-state index contributed by atoms with van der Waals surface area (Å²) in [4.78, 5) is 37.3. The largest absolute Gasteiger partial charge is 0.497 e. The number of nitrogens with one attached hydrogen (secondary N) is 1. The van der Waals surface area contributed by atoms with Crippen LogP contribution in [0.1, 0.15) is 30.8 Å². The third-order valence-electron chi connectivity index (χ3n) is 5.47. The number of amides is 2. The molecule has 0 aliphatic heterocycles. The quantitative estimate of drug-likeness (QED) is 0.304. The highest BCUT2D eigenvalue weighted by Gasteiger charge is 2.33. The molecule has 0 saturated heterocycles. The zero-order chi connectivity index (χ0) is 26.2. The number of aryl methyl sites for hydroxylation is 2. The molecule has 0 bridgehead atoms. The van der Waals surface area contributed by atoms with Crippen molar-refractivity contribution in [3.63, 3.8) is 0 Å². The number of nitrogens with zero attached hydrogens (tertiary/aromatic N) is 3. The van der Waals surface area contributed by atoms with Crippen LogP contribution in [-0.4, -0.2) is 45.6 Å². The second-order valence-electron chi connectivity index (χ2n) is 8.78. The van der Waals surface area contributed by atoms with Crippen LogP contribution < -0.4 is 10.1 Å². The average Bonchev–Trinajstić information content (AvgIpc) is 2.83. The van der Waals surface area contributed by atoms with Crippen LogP contribution in [0, 0.1) is 25.6 Å². The van der Waals surface area contributed by atoms with Gasteiger partial charge in [0, 0.05) is 23.6 Å². The number of hydrogen-bond donors (Lipinski definition) is 1. The Bertz CT molecular complexity index is 1170. The van der Waals surface area contributed by atoms with Crippen molar-refractivity contribution >= 4 is 29.3 Å². The molecule has 0 fully saturated rings. The first-order valence-corrected chi connectivity index (χ1v) is 12.6. The Kier molecular flexibility index (Phi) is 9.41. The van der Waals surface area contributed by atoms with E-state index in [1.54, 1.807) is 48.4 Å². The van der Waals surface area contributed by atoms with Gasteiger partial charge in [-0.05, 0) is 67.8 Å². The Morgan fingerprint density at radius 2 is 1.64 bits per heavy atom. The Balaban J connectivity index is 1.85. The Morgan fingerprint density at radius 1 is 1.03 bits per heavy atom. The maximum Gasteiger partial charge on any atom is 0.247 e. The second kappa shape index (κ2) is 12.5. The van der Waals surface area contributed by atoms with E-state index in [1.165, 1.54) is 23.9 Å². The van der Waals surface area contributed by atoms with Gasteiger partial charge >= 0.3 is 0 Å². The lowest BCUT2D eigenvalue weighted by molar-refractivity contribution is -0.138. The second-order valence-corrected chi connectivity index (χ2v) is 9.72. The third kappa shape index (κ3) is 7.52. The van der Waals surface area contributed by atoms with E-state index in [0.29, 0.717) is 16.6 Å². The molecule has 0 spiro atoms. The maximum atomic E-state index is 13.5. The van der Waals surface area contributed by atoms with Crippen LogP contribution in [0.15, 0.2) is 59.8 Å². The lowest BCUT2D eigenvalue weighted by Gasteiger charge is -2.33. The molecule has 0 aliphatic rings. The summed E-state index contributed by atoms with van der Waals surface area (Å²) >= 11 is 1.23. The number of carbonyl (C=O) groups excluding carboxylic acids is 2. The van der Waals surface area contributed by atoms with E-state index in [4.69, 9.17) is 4.74 Å². The highest BCUT2D eigenvalue weighted by atomic mass is 32.2. The van der Waals surface area contributed by atoms with Crippen molar-refractivity contribution in [2.24, 2.45) is 5.92 Å². The number of benzene rings is 2. The highest BCUT2D eigenvalue weighted by molar-refractivity contribution is 7.99. The van der Waals surface area contributed by atoms with Crippen LogP contribution in [0.3, 0.4) is 0 Å². The van der Waals surface area contributed by atoms with Gasteiger partial charge in [0.25, 0.3) is 0 Å². The highest BCUT2D eigenvalue weighted by Crippen LogP contribution is 2.22. The Hall–Kier alpha value is -3.46. The van der Waals surface area contributed by atoms with Gasteiger partial charge in [0.2, 0.25) is 11.8 Å². The van der Waals surface area contributed by atoms with Crippen LogP contribution in [0.2, 0.25) is 0 Å². The first kappa shape index (κ1) is 27.1. The molecular weight excluding hydrogens is 479 g/mol. The zero-order valence-electron chi connectivity index (χ0n) is 21.1. The minimum atomic E-state index is -0.759. The van der Waals surface area contributed by atoms with E-state index in [0.717, 1.165) is 17.0 Å². The van der Waals surface area contributed by atoms with E-state index in [1.807, 2.05) is 33.8 Å². The minimum absolute atomic E-state index is 0.0587. The van der Waals surface area contributed by atoms with E-state index in [-0.39, 0.29) is 35.8 Å². The maximum absolute atomic E-state index is 13.5. The molecule has 0 radical (unpaired) electrons. The molecule has 190 valence electrons. The van der Waals surface area contributed by atoms with Crippen molar-refractivity contribution < 1.29 is 18.7 Å². The zero-order valence-corrected chi connectivity index (χ0v) is 21.9. The lowest BCUT2D eigenvalue weighted by atomic mass is 10.00. The summed E-state index contributed by atoms with van der Waals surface area (Å²) in [7, 11) is 1.57. The molecule has 2 aromatic carbocycles. The van der Waals surface area contributed by atoms with Crippen molar-refractivity contribution in [3.05, 3.63) is 77.4 Å². The van der Waals surface area contributed by atoms with Gasteiger partial charge < -0.3 is 15.0 Å². The monoisotopic (exact) mass is 510 g/mol. The number of thioether (sulfide) groups is 1. The molecular formula is C27H31FN4O3S. The Labute approximate surface area is 215 Å². The third-order valence-corrected chi connectivity index (χ3v) is 6.30. The molecule has 1 atom stereocenters. The molecule has 1 N–H and O–H groups in total. The molecule has 9 heteroatoms. The molecule has 36 heavy (non-hydrogen) atoms. The van der Waals surface area contributed by atoms with Gasteiger partial charge in [0.15, 0.2) is 5.16 Å². The molecule has 3 aromatic rings. The number of rotatable bonds is 10. The standard InChI is InChI=1S/C27H31FN4O3S/c1-17(2)25(26(34)31-22-10-12-23(35-5)13-11-22)32(15-20-6-8-21(28)9-7-20)24(33)16-36-27-29-18(3)14-19(4)30-27/h6-14,17,25H,15-16H2,1-5H3,(H,31,34). The van der Waals surface area contributed by atoms with Gasteiger partial charge in [-0.1, -0.05) is 37.7 Å². The van der Waals surface area contributed by atoms with E-state index >= 15 is 0 Å². The van der Waals surface area contributed by atoms with Crippen LogP contribution in [-0.2, 0) is 16.1 Å². The summed E-state index contributed by atoms with van der Waals surface area (Å²) in [6.07, 6.45) is 0. The van der Waals surface area contributed by atoms with Crippen molar-refractivity contribution in [1.29, 1.82) is 0 Å². The fourth-order valence-corrected chi connectivity index (χ4v) is 4.63. The summed E-state index contributed by atoms with van der Waals surface area (Å²) in [5.74, 6) is -0.364. The first-order valence-electron chi connectivity index (χ1n) is 11.6. The first-order chi connectivity index (χ1) is 17.2. The molecule has 1 heterocycles. The van der Waals surface area contributed by atoms with E-state index < -0.39 is 6.04 Å². The van der Waals surface area contributed by atoms with Gasteiger partial charge in [-0.2, -0.15) is 0 Å². The number of methoxy groups -OCH3 is 1. The average molecular weight is 511 g/mol. The summed E-state index contributed by atoms with van der Waals surface area (Å²) in [5, 5.41) is 3.42. The van der Waals surface area contributed by atoms with Crippen LogP contribution >= 0.6 is 11.8 Å². The summed E-state index contributed by atoms with van der Waals surface area (Å²) in [6, 6.07) is 14.0. The number of aromatic nitrogens is 2. The van der Waals surface area contributed by atoms with Gasteiger partial charge in [-0.25, -0.2) is 14.4 Å². The van der Waals surface area contributed by atoms with Crippen molar-refractivity contribution in [3.8, 4) is 5.75 Å². The topological polar surface area (TPSA) is 84.4 Å². The minimum Gasteiger partial charge on any atom is -0.497 e. The van der Waals surface area contributed by atoms with Gasteiger partial charge in [-0.15, -0.1) is 0 Å². The predicted molar refractivity (Wildman–Crippen MR) is 139 cm³/mol. The number of ether oxygens (including phenoxy) is 1. The van der Waals surface area contributed by atoms with E-state index in [9.17, 15) is 14.0 Å². The lowest BCUT2D eigenvalue weighted by Crippen LogP contribution is -2.50. The van der Waals surface area contributed by atoms with Crippen LogP contribution in [0.4, 0.5) is 10.1 Å². The molecule has 1 aromatic heterocycles. The number of carbonyl (C=O) groups is 2. The number of hydrogen-bond acceptors (Lipinski definition) is 6. The molecule has 0 saturated carbocycles. The molecule has 0 aliphatic carbocycles. The predicted octanol–water partition coefficient (Wildman–Crippen LogP) is 5.03. The molecule has 2 amide bonds. The van der Waals surface area contributed by atoms with Crippen molar-refractivity contribution in [2.45, 2.75) is 45.4 Å². The van der Waals surface area contributed by atoms with Crippen molar-refractivity contribution in [2.75, 3.05) is 18.2 Å². The summed E-state index contributed by atoms with van der Waals surface area (Å²) < 4.78 is 18.7. The number of halogens is 1. The summed E-state index contributed by atoms with van der Waals surface area (Å²) in [5.41, 5.74) is 2.96. The van der Waals surface area contributed by atoms with E-state index in [2.05, 4.69) is 15.3 Å². The number of anilines is 1. The summed E-state index contributed by atoms with van der Waals surface area (Å²) in [6.45, 7) is 7.69. The van der Waals surface area contributed by atoms with Gasteiger partial charge in [-0.3, -0.25) is 9.59 Å². The van der Waals surface area contributed by atoms with Gasteiger partial charge in [0.05, 0.1) is 12.9 Å². The molecule has 1 unspecified atom stereocenters. The molecule has 7 nitrogen and oxygen atoms in total. The van der Waals surface area contributed by atoms with Crippen LogP contribution in [0.25, 0.3) is 0 Å². The van der Waals surface area contributed by atoms with Crippen LogP contribution in [0.5, 0.6) is 5.75 Å². The fraction of sp³-hybridized carbons (Fsp3) is 0.333. The molecule has 3 rings (SSSR count). The SMILES string of the molecule is COc1ccc(NC(=O)C(C(C)C)N(Cc2ccc(F)cc2)C(=O)CSc2nc(C)cc(C)n2)cc1. The normalized spacial score (nSPS) is 11.8.